The van der Waals surface area contributed by atoms with Crippen molar-refractivity contribution in [3.63, 3.8) is 0 Å². The second kappa shape index (κ2) is 9.69. The molecule has 0 spiro atoms. The van der Waals surface area contributed by atoms with Gasteiger partial charge in [-0.2, -0.15) is 0 Å². The van der Waals surface area contributed by atoms with Crippen LogP contribution in [0.15, 0.2) is 36.4 Å². The third-order valence-electron chi connectivity index (χ3n) is 6.64. The molecule has 2 heterocycles. The van der Waals surface area contributed by atoms with Crippen LogP contribution in [-0.2, 0) is 17.6 Å². The number of morpholine rings is 1. The molecule has 168 valence electrons. The summed E-state index contributed by atoms with van der Waals surface area (Å²) in [6.45, 7) is 7.27. The van der Waals surface area contributed by atoms with Gasteiger partial charge in [0, 0.05) is 31.7 Å². The molecule has 3 aromatic rings. The van der Waals surface area contributed by atoms with E-state index in [1.807, 2.05) is 11.0 Å². The van der Waals surface area contributed by atoms with Gasteiger partial charge in [0.1, 0.15) is 0 Å². The summed E-state index contributed by atoms with van der Waals surface area (Å²) in [4.78, 5) is 23.0. The highest BCUT2D eigenvalue weighted by Gasteiger charge is 2.23. The summed E-state index contributed by atoms with van der Waals surface area (Å²) in [5.41, 5.74) is 5.69. The van der Waals surface area contributed by atoms with Gasteiger partial charge in [-0.05, 0) is 73.9 Å². The number of hydrogen-bond acceptors (Lipinski definition) is 5. The number of fused-ring (bicyclic) bond motifs is 2. The fourth-order valence-corrected chi connectivity index (χ4v) is 5.84. The lowest BCUT2D eigenvalue weighted by molar-refractivity contribution is 0.0376. The van der Waals surface area contributed by atoms with Crippen LogP contribution in [0.1, 0.15) is 46.3 Å². The number of aryl methyl sites for hydroxylation is 3. The van der Waals surface area contributed by atoms with Crippen LogP contribution >= 0.6 is 11.3 Å². The standard InChI is InChI=1S/C26H31N3O2S/c1-19-6-4-9-23-24(19)27-26(32-23)29(13-5-12-28-14-16-31-17-15-28)25(30)22-11-10-20-7-2-3-8-21(20)18-22/h4,6,9-11,18H,2-3,5,7-8,12-17H2,1H3. The summed E-state index contributed by atoms with van der Waals surface area (Å²) in [5, 5.41) is 0.805. The van der Waals surface area contributed by atoms with Gasteiger partial charge >= 0.3 is 0 Å². The number of hydrogen-bond donors (Lipinski definition) is 0. The zero-order valence-electron chi connectivity index (χ0n) is 18.8. The SMILES string of the molecule is Cc1cccc2sc(N(CCCN3CCOCC3)C(=O)c3ccc4c(c3)CCCC4)nc12. The zero-order valence-corrected chi connectivity index (χ0v) is 19.6. The summed E-state index contributed by atoms with van der Waals surface area (Å²) in [6.07, 6.45) is 5.59. The maximum Gasteiger partial charge on any atom is 0.260 e. The number of aromatic nitrogens is 1. The monoisotopic (exact) mass is 449 g/mol. The van der Waals surface area contributed by atoms with Crippen molar-refractivity contribution in [1.82, 2.24) is 9.88 Å². The summed E-state index contributed by atoms with van der Waals surface area (Å²) < 4.78 is 6.60. The number of nitrogens with zero attached hydrogens (tertiary/aromatic N) is 3. The van der Waals surface area contributed by atoms with Crippen LogP contribution in [0.5, 0.6) is 0 Å². The smallest absolute Gasteiger partial charge is 0.260 e. The third kappa shape index (κ3) is 4.58. The van der Waals surface area contributed by atoms with Gasteiger partial charge in [0.25, 0.3) is 5.91 Å². The summed E-state index contributed by atoms with van der Waals surface area (Å²) >= 11 is 1.62. The van der Waals surface area contributed by atoms with Crippen LogP contribution in [0.3, 0.4) is 0 Å². The van der Waals surface area contributed by atoms with Gasteiger partial charge in [-0.1, -0.05) is 29.5 Å². The number of amides is 1. The molecule has 0 radical (unpaired) electrons. The number of carbonyl (C=O) groups excluding carboxylic acids is 1. The van der Waals surface area contributed by atoms with Gasteiger partial charge in [0.2, 0.25) is 0 Å². The van der Waals surface area contributed by atoms with E-state index in [0.717, 1.165) is 78.6 Å². The summed E-state index contributed by atoms with van der Waals surface area (Å²) in [6, 6.07) is 12.5. The van der Waals surface area contributed by atoms with Gasteiger partial charge in [-0.25, -0.2) is 4.98 Å². The molecule has 0 N–H and O–H groups in total. The van der Waals surface area contributed by atoms with E-state index in [4.69, 9.17) is 9.72 Å². The first kappa shape index (κ1) is 21.6. The van der Waals surface area contributed by atoms with E-state index in [9.17, 15) is 4.79 Å². The fraction of sp³-hybridized carbons (Fsp3) is 0.462. The lowest BCUT2D eigenvalue weighted by atomic mass is 9.90. The maximum atomic E-state index is 13.7. The Morgan fingerprint density at radius 2 is 1.94 bits per heavy atom. The van der Waals surface area contributed by atoms with Gasteiger partial charge in [0.15, 0.2) is 5.13 Å². The molecule has 1 aromatic heterocycles. The predicted octanol–water partition coefficient (Wildman–Crippen LogP) is 4.85. The molecule has 0 saturated carbocycles. The summed E-state index contributed by atoms with van der Waals surface area (Å²) in [5.74, 6) is 0.0667. The minimum Gasteiger partial charge on any atom is -0.379 e. The quantitative estimate of drug-likeness (QED) is 0.540. The molecule has 1 amide bonds. The number of carbonyl (C=O) groups is 1. The summed E-state index contributed by atoms with van der Waals surface area (Å²) in [7, 11) is 0. The van der Waals surface area contributed by atoms with Gasteiger partial charge in [-0.3, -0.25) is 14.6 Å². The molecule has 0 unspecified atom stereocenters. The van der Waals surface area contributed by atoms with Crippen molar-refractivity contribution in [3.8, 4) is 0 Å². The van der Waals surface area contributed by atoms with E-state index in [2.05, 4.69) is 42.2 Å². The van der Waals surface area contributed by atoms with E-state index in [0.29, 0.717) is 6.54 Å². The molecule has 1 aliphatic carbocycles. The third-order valence-corrected chi connectivity index (χ3v) is 7.68. The molecule has 0 atom stereocenters. The number of rotatable bonds is 6. The van der Waals surface area contributed by atoms with E-state index < -0.39 is 0 Å². The van der Waals surface area contributed by atoms with Crippen LogP contribution in [0.2, 0.25) is 0 Å². The van der Waals surface area contributed by atoms with Crippen LogP contribution < -0.4 is 4.90 Å². The second-order valence-corrected chi connectivity index (χ2v) is 9.88. The first-order valence-electron chi connectivity index (χ1n) is 11.8. The van der Waals surface area contributed by atoms with Crippen LogP contribution in [0.25, 0.3) is 10.2 Å². The first-order valence-corrected chi connectivity index (χ1v) is 12.6. The van der Waals surface area contributed by atoms with Crippen LogP contribution in [-0.4, -0.2) is 55.2 Å². The highest BCUT2D eigenvalue weighted by Crippen LogP contribution is 2.32. The molecular weight excluding hydrogens is 418 g/mol. The number of thiazole rings is 1. The Balaban J connectivity index is 1.41. The van der Waals surface area contributed by atoms with Crippen LogP contribution in [0, 0.1) is 6.92 Å². The Labute approximate surface area is 194 Å². The number of benzene rings is 2. The second-order valence-electron chi connectivity index (χ2n) is 8.87. The molecule has 5 rings (SSSR count). The molecule has 5 nitrogen and oxygen atoms in total. The lowest BCUT2D eigenvalue weighted by Crippen LogP contribution is -2.39. The van der Waals surface area contributed by atoms with Gasteiger partial charge in [0.05, 0.1) is 23.4 Å². The van der Waals surface area contributed by atoms with Crippen LogP contribution in [0.4, 0.5) is 5.13 Å². The van der Waals surface area contributed by atoms with Crippen molar-refractivity contribution in [2.45, 2.75) is 39.0 Å². The Morgan fingerprint density at radius 1 is 1.12 bits per heavy atom. The van der Waals surface area contributed by atoms with Crippen molar-refractivity contribution < 1.29 is 9.53 Å². The van der Waals surface area contributed by atoms with Gasteiger partial charge < -0.3 is 4.74 Å². The fourth-order valence-electron chi connectivity index (χ4n) is 4.77. The van der Waals surface area contributed by atoms with Crippen molar-refractivity contribution in [1.29, 1.82) is 0 Å². The van der Waals surface area contributed by atoms with E-state index in [1.165, 1.54) is 24.0 Å². The van der Waals surface area contributed by atoms with E-state index in [-0.39, 0.29) is 5.91 Å². The molecular formula is C26H31N3O2S. The topological polar surface area (TPSA) is 45.7 Å². The highest BCUT2D eigenvalue weighted by atomic mass is 32.1. The minimum atomic E-state index is 0.0667. The molecule has 32 heavy (non-hydrogen) atoms. The normalized spacial score (nSPS) is 16.8. The van der Waals surface area contributed by atoms with Crippen molar-refractivity contribution in [2.75, 3.05) is 44.3 Å². The molecule has 1 aliphatic heterocycles. The molecule has 0 bridgehead atoms. The first-order chi connectivity index (χ1) is 15.7. The van der Waals surface area contributed by atoms with Gasteiger partial charge in [-0.15, -0.1) is 0 Å². The zero-order chi connectivity index (χ0) is 21.9. The molecule has 2 aliphatic rings. The average molecular weight is 450 g/mol. The Hall–Kier alpha value is -2.28. The Bertz CT molecular complexity index is 1100. The molecule has 6 heteroatoms. The predicted molar refractivity (Wildman–Crippen MR) is 131 cm³/mol. The molecule has 1 saturated heterocycles. The van der Waals surface area contributed by atoms with E-state index >= 15 is 0 Å². The Kier molecular flexibility index (Phi) is 6.53. The number of ether oxygens (including phenoxy) is 1. The molecule has 2 aromatic carbocycles. The number of para-hydroxylation sites is 1. The molecule has 1 fully saturated rings. The van der Waals surface area contributed by atoms with E-state index in [1.54, 1.807) is 11.3 Å². The van der Waals surface area contributed by atoms with Crippen molar-refractivity contribution in [2.24, 2.45) is 0 Å². The average Bonchev–Trinajstić information content (AvgIpc) is 3.27. The van der Waals surface area contributed by atoms with Crippen molar-refractivity contribution in [3.05, 3.63) is 58.7 Å². The largest absolute Gasteiger partial charge is 0.379 e. The highest BCUT2D eigenvalue weighted by molar-refractivity contribution is 7.22. The van der Waals surface area contributed by atoms with Crippen molar-refractivity contribution >= 4 is 32.6 Å². The maximum absolute atomic E-state index is 13.7. The lowest BCUT2D eigenvalue weighted by Gasteiger charge is -2.28. The number of anilines is 1. The Morgan fingerprint density at radius 3 is 2.75 bits per heavy atom. The minimum absolute atomic E-state index is 0.0667.